The van der Waals surface area contributed by atoms with Crippen molar-refractivity contribution >= 4 is 23.5 Å². The van der Waals surface area contributed by atoms with Crippen LogP contribution in [0.15, 0.2) is 78.9 Å². The SMILES string of the molecule is CC1(c2ccc(C#N)cc2)NC(=O)N(CC(=O)Nc2ccccc2Oc2ccccc2)C1=O. The molecular formula is C25H20N4O4. The molecule has 164 valence electrons. The minimum atomic E-state index is -1.33. The van der Waals surface area contributed by atoms with Crippen LogP contribution in [0.1, 0.15) is 18.1 Å². The number of nitrogens with zero attached hydrogens (tertiary/aromatic N) is 2. The summed E-state index contributed by atoms with van der Waals surface area (Å²) in [4.78, 5) is 39.2. The highest BCUT2D eigenvalue weighted by molar-refractivity contribution is 6.10. The van der Waals surface area contributed by atoms with Gasteiger partial charge < -0.3 is 15.4 Å². The van der Waals surface area contributed by atoms with Gasteiger partial charge in [-0.2, -0.15) is 5.26 Å². The topological polar surface area (TPSA) is 112 Å². The van der Waals surface area contributed by atoms with Crippen LogP contribution in [-0.2, 0) is 15.1 Å². The van der Waals surface area contributed by atoms with E-state index < -0.39 is 29.9 Å². The normalized spacial score (nSPS) is 17.3. The summed E-state index contributed by atoms with van der Waals surface area (Å²) in [5.74, 6) is -0.0731. The van der Waals surface area contributed by atoms with Gasteiger partial charge in [-0.1, -0.05) is 42.5 Å². The maximum atomic E-state index is 13.1. The van der Waals surface area contributed by atoms with E-state index in [1.165, 1.54) is 0 Å². The lowest BCUT2D eigenvalue weighted by atomic mass is 9.91. The van der Waals surface area contributed by atoms with Crippen LogP contribution in [0.3, 0.4) is 0 Å². The molecule has 0 spiro atoms. The summed E-state index contributed by atoms with van der Waals surface area (Å²) < 4.78 is 5.83. The van der Waals surface area contributed by atoms with E-state index >= 15 is 0 Å². The van der Waals surface area contributed by atoms with Crippen molar-refractivity contribution in [2.24, 2.45) is 0 Å². The Morgan fingerprint density at radius 1 is 1.03 bits per heavy atom. The molecule has 0 bridgehead atoms. The molecule has 1 fully saturated rings. The number of imide groups is 1. The lowest BCUT2D eigenvalue weighted by Crippen LogP contribution is -2.42. The first-order chi connectivity index (χ1) is 15.9. The Morgan fingerprint density at radius 3 is 2.39 bits per heavy atom. The van der Waals surface area contributed by atoms with E-state index in [4.69, 9.17) is 10.00 Å². The van der Waals surface area contributed by atoms with Crippen molar-refractivity contribution in [2.75, 3.05) is 11.9 Å². The summed E-state index contributed by atoms with van der Waals surface area (Å²) in [6.45, 7) is 1.10. The standard InChI is InChI=1S/C25H20N4O4/c1-25(18-13-11-17(15-26)12-14-18)23(31)29(24(32)28-25)16-22(30)27-20-9-5-6-10-21(20)33-19-7-3-2-4-8-19/h2-14H,16H2,1H3,(H,27,30)(H,28,32). The fourth-order valence-electron chi connectivity index (χ4n) is 3.52. The zero-order chi connectivity index (χ0) is 23.4. The lowest BCUT2D eigenvalue weighted by Gasteiger charge is -2.22. The summed E-state index contributed by atoms with van der Waals surface area (Å²) in [5.41, 5.74) is 0.0315. The summed E-state index contributed by atoms with van der Waals surface area (Å²) >= 11 is 0. The molecule has 8 nitrogen and oxygen atoms in total. The predicted octanol–water partition coefficient (Wildman–Crippen LogP) is 3.76. The van der Waals surface area contributed by atoms with Gasteiger partial charge in [0.05, 0.1) is 17.3 Å². The Morgan fingerprint density at radius 2 is 1.70 bits per heavy atom. The smallest absolute Gasteiger partial charge is 0.325 e. The van der Waals surface area contributed by atoms with Crippen molar-refractivity contribution in [3.8, 4) is 17.6 Å². The van der Waals surface area contributed by atoms with Gasteiger partial charge >= 0.3 is 6.03 Å². The molecule has 0 aromatic heterocycles. The fraction of sp³-hybridized carbons (Fsp3) is 0.120. The maximum absolute atomic E-state index is 13.1. The lowest BCUT2D eigenvalue weighted by molar-refractivity contribution is -0.133. The molecule has 1 aliphatic rings. The number of rotatable bonds is 6. The van der Waals surface area contributed by atoms with E-state index in [0.29, 0.717) is 28.3 Å². The molecule has 2 N–H and O–H groups in total. The predicted molar refractivity (Wildman–Crippen MR) is 120 cm³/mol. The molecule has 3 aromatic carbocycles. The fourth-order valence-corrected chi connectivity index (χ4v) is 3.52. The number of anilines is 1. The average Bonchev–Trinajstić information content (AvgIpc) is 3.05. The number of nitrogens with one attached hydrogen (secondary N) is 2. The Bertz CT molecular complexity index is 1250. The number of benzene rings is 3. The Balaban J connectivity index is 1.47. The largest absolute Gasteiger partial charge is 0.455 e. The molecule has 4 amide bonds. The highest BCUT2D eigenvalue weighted by Gasteiger charge is 2.49. The molecule has 4 rings (SSSR count). The number of para-hydroxylation sites is 3. The van der Waals surface area contributed by atoms with Crippen molar-refractivity contribution < 1.29 is 19.1 Å². The van der Waals surface area contributed by atoms with E-state index in [2.05, 4.69) is 10.6 Å². The van der Waals surface area contributed by atoms with Gasteiger partial charge in [0, 0.05) is 0 Å². The molecule has 1 saturated heterocycles. The number of hydrogen-bond acceptors (Lipinski definition) is 5. The zero-order valence-electron chi connectivity index (χ0n) is 17.7. The summed E-state index contributed by atoms with van der Waals surface area (Å²) in [7, 11) is 0. The van der Waals surface area contributed by atoms with Crippen LogP contribution in [-0.4, -0.2) is 29.3 Å². The first kappa shape index (κ1) is 21.6. The third-order valence-corrected chi connectivity index (χ3v) is 5.30. The van der Waals surface area contributed by atoms with E-state index in [0.717, 1.165) is 4.90 Å². The molecule has 33 heavy (non-hydrogen) atoms. The number of hydrogen-bond donors (Lipinski definition) is 2. The molecule has 1 atom stereocenters. The molecule has 1 aliphatic heterocycles. The Labute approximate surface area is 190 Å². The van der Waals surface area contributed by atoms with Crippen molar-refractivity contribution in [1.82, 2.24) is 10.2 Å². The van der Waals surface area contributed by atoms with Gasteiger partial charge in [-0.3, -0.25) is 14.5 Å². The molecule has 3 aromatic rings. The molecule has 1 heterocycles. The first-order valence-corrected chi connectivity index (χ1v) is 10.2. The van der Waals surface area contributed by atoms with Crippen LogP contribution >= 0.6 is 0 Å². The van der Waals surface area contributed by atoms with Gasteiger partial charge in [0.2, 0.25) is 5.91 Å². The third-order valence-electron chi connectivity index (χ3n) is 5.30. The van der Waals surface area contributed by atoms with Crippen LogP contribution < -0.4 is 15.4 Å². The highest BCUT2D eigenvalue weighted by Crippen LogP contribution is 2.31. The van der Waals surface area contributed by atoms with Crippen LogP contribution in [0.5, 0.6) is 11.5 Å². The van der Waals surface area contributed by atoms with Gasteiger partial charge in [0.25, 0.3) is 5.91 Å². The quantitative estimate of drug-likeness (QED) is 0.567. The average molecular weight is 440 g/mol. The number of urea groups is 1. The van der Waals surface area contributed by atoms with Crippen LogP contribution in [0.2, 0.25) is 0 Å². The molecule has 1 unspecified atom stereocenters. The number of nitriles is 1. The van der Waals surface area contributed by atoms with E-state index in [-0.39, 0.29) is 0 Å². The second-order valence-electron chi connectivity index (χ2n) is 7.60. The number of carbonyl (C=O) groups excluding carboxylic acids is 3. The second-order valence-corrected chi connectivity index (χ2v) is 7.60. The second kappa shape index (κ2) is 8.85. The minimum Gasteiger partial charge on any atom is -0.455 e. The van der Waals surface area contributed by atoms with Gasteiger partial charge in [-0.25, -0.2) is 4.79 Å². The van der Waals surface area contributed by atoms with Crippen LogP contribution in [0.4, 0.5) is 10.5 Å². The van der Waals surface area contributed by atoms with E-state index in [1.54, 1.807) is 67.6 Å². The Kier molecular flexibility index (Phi) is 5.79. The van der Waals surface area contributed by atoms with Crippen molar-refractivity contribution in [3.05, 3.63) is 90.0 Å². The van der Waals surface area contributed by atoms with Gasteiger partial charge in [0.15, 0.2) is 5.75 Å². The van der Waals surface area contributed by atoms with Crippen LogP contribution in [0.25, 0.3) is 0 Å². The van der Waals surface area contributed by atoms with Crippen molar-refractivity contribution in [3.63, 3.8) is 0 Å². The highest BCUT2D eigenvalue weighted by atomic mass is 16.5. The molecule has 0 radical (unpaired) electrons. The summed E-state index contributed by atoms with van der Waals surface area (Å²) in [6, 6.07) is 23.7. The monoisotopic (exact) mass is 440 g/mol. The van der Waals surface area contributed by atoms with E-state index in [9.17, 15) is 14.4 Å². The van der Waals surface area contributed by atoms with Crippen molar-refractivity contribution in [2.45, 2.75) is 12.5 Å². The van der Waals surface area contributed by atoms with Gasteiger partial charge in [-0.15, -0.1) is 0 Å². The number of amides is 4. The number of carbonyl (C=O) groups is 3. The number of ether oxygens (including phenoxy) is 1. The molecular weight excluding hydrogens is 420 g/mol. The zero-order valence-corrected chi connectivity index (χ0v) is 17.7. The van der Waals surface area contributed by atoms with Crippen molar-refractivity contribution in [1.29, 1.82) is 5.26 Å². The Hall–Kier alpha value is -4.64. The van der Waals surface area contributed by atoms with Gasteiger partial charge in [-0.05, 0) is 48.9 Å². The van der Waals surface area contributed by atoms with Crippen LogP contribution in [0, 0.1) is 11.3 Å². The molecule has 0 aliphatic carbocycles. The molecule has 0 saturated carbocycles. The summed E-state index contributed by atoms with van der Waals surface area (Å²) in [5, 5.41) is 14.3. The third kappa shape index (κ3) is 4.38. The summed E-state index contributed by atoms with van der Waals surface area (Å²) in [6.07, 6.45) is 0. The first-order valence-electron chi connectivity index (χ1n) is 10.2. The van der Waals surface area contributed by atoms with E-state index in [1.807, 2.05) is 24.3 Å². The minimum absolute atomic E-state index is 0.410. The van der Waals surface area contributed by atoms with Gasteiger partial charge in [0.1, 0.15) is 17.8 Å². The maximum Gasteiger partial charge on any atom is 0.325 e. The molecule has 8 heteroatoms.